The first-order chi connectivity index (χ1) is 5.22. The zero-order chi connectivity index (χ0) is 7.90. The van der Waals surface area contributed by atoms with Gasteiger partial charge in [0, 0.05) is 11.6 Å². The molecule has 1 fully saturated rings. The zero-order valence-electron chi connectivity index (χ0n) is 6.52. The van der Waals surface area contributed by atoms with Crippen LogP contribution in [0.15, 0.2) is 10.7 Å². The van der Waals surface area contributed by atoms with Crippen LogP contribution in [0.4, 0.5) is 0 Å². The van der Waals surface area contributed by atoms with Gasteiger partial charge in [-0.05, 0) is 28.8 Å². The maximum atomic E-state index is 4.24. The molecule has 1 aliphatic carbocycles. The van der Waals surface area contributed by atoms with Crippen molar-refractivity contribution in [2.24, 2.45) is 0 Å². The summed E-state index contributed by atoms with van der Waals surface area (Å²) >= 11 is 3.48. The van der Waals surface area contributed by atoms with Gasteiger partial charge in [-0.25, -0.2) is 0 Å². The molecule has 0 spiro atoms. The smallest absolute Gasteiger partial charge is 0.0822 e. The molecule has 0 saturated heterocycles. The molecular weight excluding hydrogens is 204 g/mol. The molecule has 1 N–H and O–H groups in total. The molecule has 2 nitrogen and oxygen atoms in total. The summed E-state index contributed by atoms with van der Waals surface area (Å²) in [6.07, 6.45) is 5.79. The molecule has 60 valence electrons. The molecule has 1 heterocycles. The fourth-order valence-electron chi connectivity index (χ4n) is 1.64. The lowest BCUT2D eigenvalue weighted by atomic mass is 9.68. The molecule has 0 bridgehead atoms. The second-order valence-electron chi connectivity index (χ2n) is 3.50. The topological polar surface area (TPSA) is 28.7 Å². The first-order valence-electron chi connectivity index (χ1n) is 3.92. The summed E-state index contributed by atoms with van der Waals surface area (Å²) in [6, 6.07) is 0. The summed E-state index contributed by atoms with van der Waals surface area (Å²) in [5, 5.41) is 7.11. The third kappa shape index (κ3) is 1.02. The number of hydrogen-bond acceptors (Lipinski definition) is 1. The van der Waals surface area contributed by atoms with Crippen molar-refractivity contribution in [2.45, 2.75) is 31.6 Å². The summed E-state index contributed by atoms with van der Waals surface area (Å²) < 4.78 is 1.12. The molecule has 0 amide bonds. The van der Waals surface area contributed by atoms with E-state index in [0.29, 0.717) is 5.41 Å². The lowest BCUT2D eigenvalue weighted by molar-refractivity contribution is 0.263. The van der Waals surface area contributed by atoms with Crippen molar-refractivity contribution < 1.29 is 0 Å². The highest BCUT2D eigenvalue weighted by Crippen LogP contribution is 2.44. The fourth-order valence-corrected chi connectivity index (χ4v) is 2.31. The Morgan fingerprint density at radius 3 is 2.73 bits per heavy atom. The number of rotatable bonds is 1. The number of aromatic nitrogens is 2. The Labute approximate surface area is 74.5 Å². The number of hydrogen-bond donors (Lipinski definition) is 1. The van der Waals surface area contributed by atoms with Crippen LogP contribution >= 0.6 is 15.9 Å². The molecule has 1 saturated carbocycles. The van der Waals surface area contributed by atoms with Crippen molar-refractivity contribution in [1.82, 2.24) is 10.2 Å². The Bertz CT molecular complexity index is 263. The molecule has 1 aromatic rings. The number of nitrogens with zero attached hydrogens (tertiary/aromatic N) is 1. The maximum Gasteiger partial charge on any atom is 0.0822 e. The normalized spacial score (nSPS) is 21.3. The Morgan fingerprint density at radius 1 is 1.64 bits per heavy atom. The van der Waals surface area contributed by atoms with Crippen LogP contribution in [0.25, 0.3) is 0 Å². The van der Waals surface area contributed by atoms with Crippen molar-refractivity contribution >= 4 is 15.9 Å². The van der Waals surface area contributed by atoms with Gasteiger partial charge in [0.25, 0.3) is 0 Å². The summed E-state index contributed by atoms with van der Waals surface area (Å²) in [5.74, 6) is 0. The van der Waals surface area contributed by atoms with Crippen LogP contribution in [0.5, 0.6) is 0 Å². The predicted molar refractivity (Wildman–Crippen MR) is 47.5 cm³/mol. The number of H-pyrrole nitrogens is 1. The van der Waals surface area contributed by atoms with Crippen LogP contribution in [0.3, 0.4) is 0 Å². The highest BCUT2D eigenvalue weighted by Gasteiger charge is 2.36. The Hall–Kier alpha value is -0.310. The monoisotopic (exact) mass is 214 g/mol. The largest absolute Gasteiger partial charge is 0.284 e. The first kappa shape index (κ1) is 7.35. The molecule has 0 atom stereocenters. The molecule has 3 heteroatoms. The van der Waals surface area contributed by atoms with Crippen LogP contribution in [0.2, 0.25) is 0 Å². The van der Waals surface area contributed by atoms with Crippen LogP contribution in [0.1, 0.15) is 31.9 Å². The van der Waals surface area contributed by atoms with E-state index in [4.69, 9.17) is 0 Å². The van der Waals surface area contributed by atoms with E-state index in [0.717, 1.165) is 4.47 Å². The number of nitrogens with one attached hydrogen (secondary N) is 1. The van der Waals surface area contributed by atoms with Crippen LogP contribution in [-0.4, -0.2) is 10.2 Å². The van der Waals surface area contributed by atoms with E-state index in [-0.39, 0.29) is 0 Å². The summed E-state index contributed by atoms with van der Waals surface area (Å²) in [6.45, 7) is 2.28. The molecule has 0 radical (unpaired) electrons. The Morgan fingerprint density at radius 2 is 2.36 bits per heavy atom. The highest BCUT2D eigenvalue weighted by atomic mass is 79.9. The third-order valence-electron chi connectivity index (χ3n) is 2.62. The number of aromatic amines is 1. The molecule has 11 heavy (non-hydrogen) atoms. The van der Waals surface area contributed by atoms with Crippen molar-refractivity contribution in [3.05, 3.63) is 16.4 Å². The molecule has 0 unspecified atom stereocenters. The summed E-state index contributed by atoms with van der Waals surface area (Å²) in [4.78, 5) is 0. The zero-order valence-corrected chi connectivity index (χ0v) is 8.11. The van der Waals surface area contributed by atoms with Gasteiger partial charge in [0.2, 0.25) is 0 Å². The summed E-state index contributed by atoms with van der Waals surface area (Å²) in [5.41, 5.74) is 1.54. The molecule has 0 aliphatic heterocycles. The minimum absolute atomic E-state index is 0.346. The highest BCUT2D eigenvalue weighted by molar-refractivity contribution is 9.10. The van der Waals surface area contributed by atoms with E-state index in [1.54, 1.807) is 0 Å². The van der Waals surface area contributed by atoms with Gasteiger partial charge in [0.1, 0.15) is 0 Å². The maximum absolute atomic E-state index is 4.24. The second kappa shape index (κ2) is 2.34. The lowest BCUT2D eigenvalue weighted by Gasteiger charge is -2.36. The SMILES string of the molecule is CC1(c2n[nH]cc2Br)CCC1. The second-order valence-corrected chi connectivity index (χ2v) is 4.35. The Balaban J connectivity index is 2.35. The van der Waals surface area contributed by atoms with E-state index < -0.39 is 0 Å². The van der Waals surface area contributed by atoms with Gasteiger partial charge >= 0.3 is 0 Å². The van der Waals surface area contributed by atoms with Gasteiger partial charge in [0.05, 0.1) is 10.2 Å². The Kier molecular flexibility index (Phi) is 1.56. The number of halogens is 1. The van der Waals surface area contributed by atoms with Crippen LogP contribution < -0.4 is 0 Å². The van der Waals surface area contributed by atoms with Gasteiger partial charge in [0.15, 0.2) is 0 Å². The predicted octanol–water partition coefficient (Wildman–Crippen LogP) is 2.61. The van der Waals surface area contributed by atoms with Gasteiger partial charge in [-0.1, -0.05) is 13.3 Å². The van der Waals surface area contributed by atoms with Crippen molar-refractivity contribution in [2.75, 3.05) is 0 Å². The van der Waals surface area contributed by atoms with E-state index in [1.165, 1.54) is 25.0 Å². The molecular formula is C8H11BrN2. The van der Waals surface area contributed by atoms with Gasteiger partial charge in [-0.15, -0.1) is 0 Å². The van der Waals surface area contributed by atoms with Crippen molar-refractivity contribution in [3.8, 4) is 0 Å². The van der Waals surface area contributed by atoms with E-state index in [9.17, 15) is 0 Å². The van der Waals surface area contributed by atoms with Crippen molar-refractivity contribution in [3.63, 3.8) is 0 Å². The molecule has 2 rings (SSSR count). The average molecular weight is 215 g/mol. The van der Waals surface area contributed by atoms with Crippen LogP contribution in [-0.2, 0) is 5.41 Å². The standard InChI is InChI=1S/C8H11BrN2/c1-8(3-2-4-8)7-6(9)5-10-11-7/h5H,2-4H2,1H3,(H,10,11). The molecule has 1 aliphatic rings. The van der Waals surface area contributed by atoms with E-state index in [1.807, 2.05) is 6.20 Å². The molecule has 1 aromatic heterocycles. The lowest BCUT2D eigenvalue weighted by Crippen LogP contribution is -2.31. The average Bonchev–Trinajstić information content (AvgIpc) is 2.30. The first-order valence-corrected chi connectivity index (χ1v) is 4.71. The van der Waals surface area contributed by atoms with E-state index >= 15 is 0 Å². The minimum Gasteiger partial charge on any atom is -0.284 e. The van der Waals surface area contributed by atoms with E-state index in [2.05, 4.69) is 33.1 Å². The van der Waals surface area contributed by atoms with Gasteiger partial charge in [-0.3, -0.25) is 5.10 Å². The minimum atomic E-state index is 0.346. The van der Waals surface area contributed by atoms with Gasteiger partial charge < -0.3 is 0 Å². The summed E-state index contributed by atoms with van der Waals surface area (Å²) in [7, 11) is 0. The quantitative estimate of drug-likeness (QED) is 0.766. The van der Waals surface area contributed by atoms with Crippen LogP contribution in [0, 0.1) is 0 Å². The fraction of sp³-hybridized carbons (Fsp3) is 0.625. The third-order valence-corrected chi connectivity index (χ3v) is 3.23. The van der Waals surface area contributed by atoms with Crippen molar-refractivity contribution in [1.29, 1.82) is 0 Å². The molecule has 0 aromatic carbocycles. The van der Waals surface area contributed by atoms with Gasteiger partial charge in [-0.2, -0.15) is 5.10 Å².